The minimum atomic E-state index is 0.446. The quantitative estimate of drug-likeness (QED) is 0.434. The molecule has 0 aromatic carbocycles. The van der Waals surface area contributed by atoms with Gasteiger partial charge in [-0.2, -0.15) is 0 Å². The molecule has 0 heterocycles. The van der Waals surface area contributed by atoms with E-state index >= 15 is 0 Å². The van der Waals surface area contributed by atoms with E-state index in [0.29, 0.717) is 5.92 Å². The number of unbranched alkanes of at least 4 members (excludes halogenated alkanes) is 1. The molecule has 0 saturated carbocycles. The number of rotatable bonds is 7. The van der Waals surface area contributed by atoms with Crippen LogP contribution < -0.4 is 0 Å². The zero-order valence-corrected chi connectivity index (χ0v) is 8.38. The molecule has 2 nitrogen and oxygen atoms in total. The van der Waals surface area contributed by atoms with Gasteiger partial charge in [-0.05, 0) is 12.5 Å². The summed E-state index contributed by atoms with van der Waals surface area (Å²) in [4.78, 5) is 0. The van der Waals surface area contributed by atoms with Gasteiger partial charge in [0.05, 0.1) is 20.0 Å². The van der Waals surface area contributed by atoms with E-state index in [1.54, 1.807) is 13.4 Å². The van der Waals surface area contributed by atoms with Crippen LogP contribution in [0.15, 0.2) is 12.3 Å². The molecule has 0 aliphatic carbocycles. The molecule has 0 aromatic rings. The van der Waals surface area contributed by atoms with Crippen LogP contribution in [-0.4, -0.2) is 20.3 Å². The lowest BCUT2D eigenvalue weighted by Gasteiger charge is -2.06. The Balaban J connectivity index is 3.19. The van der Waals surface area contributed by atoms with E-state index < -0.39 is 0 Å². The van der Waals surface area contributed by atoms with Crippen molar-refractivity contribution in [3.05, 3.63) is 12.3 Å². The van der Waals surface area contributed by atoms with Gasteiger partial charge in [-0.1, -0.05) is 20.3 Å². The lowest BCUT2D eigenvalue weighted by Crippen LogP contribution is -2.04. The molecule has 0 amide bonds. The summed E-state index contributed by atoms with van der Waals surface area (Å²) in [5.74, 6) is 0.446. The van der Waals surface area contributed by atoms with Crippen molar-refractivity contribution in [2.24, 2.45) is 5.92 Å². The summed E-state index contributed by atoms with van der Waals surface area (Å²) in [6.07, 6.45) is 6.06. The van der Waals surface area contributed by atoms with Crippen LogP contribution in [0.1, 0.15) is 26.7 Å². The van der Waals surface area contributed by atoms with Crippen molar-refractivity contribution in [1.29, 1.82) is 0 Å². The summed E-state index contributed by atoms with van der Waals surface area (Å²) in [7, 11) is 1.65. The third-order valence-electron chi connectivity index (χ3n) is 1.57. The van der Waals surface area contributed by atoms with Crippen LogP contribution in [0, 0.1) is 5.92 Å². The van der Waals surface area contributed by atoms with Gasteiger partial charge in [0, 0.05) is 12.5 Å². The van der Waals surface area contributed by atoms with Crippen molar-refractivity contribution >= 4 is 0 Å². The van der Waals surface area contributed by atoms with Crippen LogP contribution in [0.4, 0.5) is 0 Å². The van der Waals surface area contributed by atoms with E-state index in [0.717, 1.165) is 19.6 Å². The molecule has 0 rings (SSSR count). The monoisotopic (exact) mass is 172 g/mol. The number of hydrogen-bond acceptors (Lipinski definition) is 2. The van der Waals surface area contributed by atoms with Gasteiger partial charge < -0.3 is 9.47 Å². The SMILES string of the molecule is CCCCOC[C@@H](C)C=COC. The molecule has 12 heavy (non-hydrogen) atoms. The van der Waals surface area contributed by atoms with Crippen molar-refractivity contribution in [1.82, 2.24) is 0 Å². The van der Waals surface area contributed by atoms with E-state index in [-0.39, 0.29) is 0 Å². The number of methoxy groups -OCH3 is 1. The smallest absolute Gasteiger partial charge is 0.0788 e. The molecule has 0 bridgehead atoms. The Morgan fingerprint density at radius 1 is 1.42 bits per heavy atom. The van der Waals surface area contributed by atoms with E-state index in [1.807, 2.05) is 6.08 Å². The van der Waals surface area contributed by atoms with Gasteiger partial charge >= 0.3 is 0 Å². The molecule has 0 aliphatic heterocycles. The zero-order chi connectivity index (χ0) is 9.23. The highest BCUT2D eigenvalue weighted by Gasteiger charge is 1.95. The highest BCUT2D eigenvalue weighted by atomic mass is 16.5. The third-order valence-corrected chi connectivity index (χ3v) is 1.57. The van der Waals surface area contributed by atoms with Crippen LogP contribution in [0.5, 0.6) is 0 Å². The molecule has 0 aromatic heterocycles. The van der Waals surface area contributed by atoms with Crippen molar-refractivity contribution in [2.45, 2.75) is 26.7 Å². The Hall–Kier alpha value is -0.500. The Morgan fingerprint density at radius 2 is 2.17 bits per heavy atom. The van der Waals surface area contributed by atoms with E-state index in [4.69, 9.17) is 9.47 Å². The average Bonchev–Trinajstić information content (AvgIpc) is 2.09. The molecular weight excluding hydrogens is 152 g/mol. The topological polar surface area (TPSA) is 18.5 Å². The average molecular weight is 172 g/mol. The summed E-state index contributed by atoms with van der Waals surface area (Å²) in [5, 5.41) is 0. The minimum Gasteiger partial charge on any atom is -0.505 e. The van der Waals surface area contributed by atoms with E-state index in [2.05, 4.69) is 13.8 Å². The Bertz CT molecular complexity index is 110. The van der Waals surface area contributed by atoms with Crippen molar-refractivity contribution in [2.75, 3.05) is 20.3 Å². The fourth-order valence-corrected chi connectivity index (χ4v) is 0.784. The first-order chi connectivity index (χ1) is 5.81. The van der Waals surface area contributed by atoms with Crippen LogP contribution in [0.25, 0.3) is 0 Å². The molecule has 0 N–H and O–H groups in total. The van der Waals surface area contributed by atoms with Crippen LogP contribution in [0.3, 0.4) is 0 Å². The molecule has 0 radical (unpaired) electrons. The minimum absolute atomic E-state index is 0.446. The molecule has 0 fully saturated rings. The van der Waals surface area contributed by atoms with Gasteiger partial charge in [-0.15, -0.1) is 0 Å². The Morgan fingerprint density at radius 3 is 2.75 bits per heavy atom. The maximum atomic E-state index is 5.43. The largest absolute Gasteiger partial charge is 0.505 e. The van der Waals surface area contributed by atoms with Gasteiger partial charge in [0.15, 0.2) is 0 Å². The second kappa shape index (κ2) is 8.60. The lowest BCUT2D eigenvalue weighted by molar-refractivity contribution is 0.113. The Kier molecular flexibility index (Phi) is 8.24. The molecular formula is C10H20O2. The standard InChI is InChI=1S/C10H20O2/c1-4-5-7-12-9-10(2)6-8-11-3/h6,8,10H,4-5,7,9H2,1-3H3/t10-/m0/s1. The first kappa shape index (κ1) is 11.5. The molecule has 0 spiro atoms. The first-order valence-electron chi connectivity index (χ1n) is 4.58. The van der Waals surface area contributed by atoms with Gasteiger partial charge in [-0.3, -0.25) is 0 Å². The first-order valence-corrected chi connectivity index (χ1v) is 4.58. The van der Waals surface area contributed by atoms with Crippen LogP contribution >= 0.6 is 0 Å². The maximum Gasteiger partial charge on any atom is 0.0788 e. The van der Waals surface area contributed by atoms with E-state index in [9.17, 15) is 0 Å². The van der Waals surface area contributed by atoms with Crippen LogP contribution in [0.2, 0.25) is 0 Å². The van der Waals surface area contributed by atoms with Crippen molar-refractivity contribution in [3.8, 4) is 0 Å². The normalized spacial score (nSPS) is 13.6. The summed E-state index contributed by atoms with van der Waals surface area (Å²) in [6, 6.07) is 0. The van der Waals surface area contributed by atoms with E-state index in [1.165, 1.54) is 6.42 Å². The van der Waals surface area contributed by atoms with Gasteiger partial charge in [0.25, 0.3) is 0 Å². The molecule has 72 valence electrons. The third kappa shape index (κ3) is 7.61. The summed E-state index contributed by atoms with van der Waals surface area (Å²) in [5.41, 5.74) is 0. The fourth-order valence-electron chi connectivity index (χ4n) is 0.784. The summed E-state index contributed by atoms with van der Waals surface area (Å²) < 4.78 is 10.2. The Labute approximate surface area is 75.6 Å². The predicted octanol–water partition coefficient (Wildman–Crippen LogP) is 2.60. The lowest BCUT2D eigenvalue weighted by atomic mass is 10.2. The number of hydrogen-bond donors (Lipinski definition) is 0. The van der Waals surface area contributed by atoms with Crippen molar-refractivity contribution < 1.29 is 9.47 Å². The highest BCUT2D eigenvalue weighted by Crippen LogP contribution is 1.99. The van der Waals surface area contributed by atoms with Gasteiger partial charge in [-0.25, -0.2) is 0 Å². The molecule has 0 aliphatic rings. The molecule has 2 heteroatoms. The molecule has 0 unspecified atom stereocenters. The molecule has 1 atom stereocenters. The van der Waals surface area contributed by atoms with Crippen molar-refractivity contribution in [3.63, 3.8) is 0 Å². The van der Waals surface area contributed by atoms with Gasteiger partial charge in [0.1, 0.15) is 0 Å². The maximum absolute atomic E-state index is 5.43. The fraction of sp³-hybridized carbons (Fsp3) is 0.800. The van der Waals surface area contributed by atoms with Gasteiger partial charge in [0.2, 0.25) is 0 Å². The second-order valence-electron chi connectivity index (χ2n) is 2.97. The van der Waals surface area contributed by atoms with Crippen LogP contribution in [-0.2, 0) is 9.47 Å². The predicted molar refractivity (Wildman–Crippen MR) is 51.0 cm³/mol. The zero-order valence-electron chi connectivity index (χ0n) is 8.38. The second-order valence-corrected chi connectivity index (χ2v) is 2.97. The summed E-state index contributed by atoms with van der Waals surface area (Å²) >= 11 is 0. The summed E-state index contributed by atoms with van der Waals surface area (Å²) in [6.45, 7) is 5.95. The highest BCUT2D eigenvalue weighted by molar-refractivity contribution is 4.79. The molecule has 0 saturated heterocycles. The number of ether oxygens (including phenoxy) is 2.